The Morgan fingerprint density at radius 2 is 2.10 bits per heavy atom. The molecule has 1 aromatic carbocycles. The monoisotopic (exact) mass is 275 g/mol. The summed E-state index contributed by atoms with van der Waals surface area (Å²) in [4.78, 5) is 25.5. The maximum atomic E-state index is 12.9. The Morgan fingerprint density at radius 3 is 2.75 bits per heavy atom. The molecule has 102 valence electrons. The standard InChI is InChI=1S/C13H10FN3O3/c1-8-2-3-10(7-11(8)17(19)20)16-13(18)9-4-5-15-12(14)6-9/h2-7H,1H3,(H,16,18). The van der Waals surface area contributed by atoms with Gasteiger partial charge in [-0.15, -0.1) is 0 Å². The van der Waals surface area contributed by atoms with E-state index in [2.05, 4.69) is 10.3 Å². The lowest BCUT2D eigenvalue weighted by molar-refractivity contribution is -0.385. The Labute approximate surface area is 113 Å². The second kappa shape index (κ2) is 5.43. The molecule has 2 rings (SSSR count). The molecule has 0 fully saturated rings. The zero-order valence-corrected chi connectivity index (χ0v) is 10.5. The Kier molecular flexibility index (Phi) is 3.69. The van der Waals surface area contributed by atoms with Crippen molar-refractivity contribution < 1.29 is 14.1 Å². The van der Waals surface area contributed by atoms with Crippen LogP contribution >= 0.6 is 0 Å². The highest BCUT2D eigenvalue weighted by atomic mass is 19.1. The van der Waals surface area contributed by atoms with Gasteiger partial charge in [-0.2, -0.15) is 4.39 Å². The van der Waals surface area contributed by atoms with Crippen molar-refractivity contribution in [2.75, 3.05) is 5.32 Å². The van der Waals surface area contributed by atoms with Crippen molar-refractivity contribution in [1.29, 1.82) is 0 Å². The fourth-order valence-corrected chi connectivity index (χ4v) is 1.63. The maximum absolute atomic E-state index is 12.9. The molecule has 7 heteroatoms. The zero-order valence-electron chi connectivity index (χ0n) is 10.5. The Bertz CT molecular complexity index is 688. The van der Waals surface area contributed by atoms with Gasteiger partial charge in [0.1, 0.15) is 0 Å². The van der Waals surface area contributed by atoms with Gasteiger partial charge < -0.3 is 5.32 Å². The molecule has 0 aliphatic heterocycles. The number of carbonyl (C=O) groups is 1. The number of anilines is 1. The van der Waals surface area contributed by atoms with Crippen molar-refractivity contribution in [2.24, 2.45) is 0 Å². The van der Waals surface area contributed by atoms with E-state index in [0.29, 0.717) is 5.56 Å². The van der Waals surface area contributed by atoms with Crippen LogP contribution in [0.5, 0.6) is 0 Å². The molecule has 1 N–H and O–H groups in total. The van der Waals surface area contributed by atoms with Crippen LogP contribution in [0.15, 0.2) is 36.5 Å². The van der Waals surface area contributed by atoms with Gasteiger partial charge >= 0.3 is 0 Å². The Hall–Kier alpha value is -2.83. The number of nitro groups is 1. The van der Waals surface area contributed by atoms with Gasteiger partial charge in [-0.25, -0.2) is 4.98 Å². The number of nitrogens with zero attached hydrogens (tertiary/aromatic N) is 2. The SMILES string of the molecule is Cc1ccc(NC(=O)c2ccnc(F)c2)cc1[N+](=O)[O-]. The summed E-state index contributed by atoms with van der Waals surface area (Å²) in [6, 6.07) is 6.66. The number of benzene rings is 1. The van der Waals surface area contributed by atoms with Gasteiger partial charge in [0.15, 0.2) is 0 Å². The summed E-state index contributed by atoms with van der Waals surface area (Å²) in [6.45, 7) is 1.60. The second-order valence-electron chi connectivity index (χ2n) is 4.08. The number of carbonyl (C=O) groups excluding carboxylic acids is 1. The zero-order chi connectivity index (χ0) is 14.7. The van der Waals surface area contributed by atoms with E-state index in [1.165, 1.54) is 30.5 Å². The van der Waals surface area contributed by atoms with E-state index in [-0.39, 0.29) is 16.9 Å². The molecular formula is C13H10FN3O3. The summed E-state index contributed by atoms with van der Waals surface area (Å²) in [7, 11) is 0. The van der Waals surface area contributed by atoms with E-state index in [4.69, 9.17) is 0 Å². The molecule has 0 atom stereocenters. The first-order chi connectivity index (χ1) is 9.47. The molecule has 20 heavy (non-hydrogen) atoms. The van der Waals surface area contributed by atoms with E-state index in [1.807, 2.05) is 0 Å². The average molecular weight is 275 g/mol. The highest BCUT2D eigenvalue weighted by molar-refractivity contribution is 6.04. The third-order valence-corrected chi connectivity index (χ3v) is 2.65. The Balaban J connectivity index is 2.24. The number of rotatable bonds is 3. The average Bonchev–Trinajstić information content (AvgIpc) is 2.40. The normalized spacial score (nSPS) is 10.1. The second-order valence-corrected chi connectivity index (χ2v) is 4.08. The number of amides is 1. The van der Waals surface area contributed by atoms with Crippen LogP contribution in [-0.4, -0.2) is 15.8 Å². The highest BCUT2D eigenvalue weighted by Gasteiger charge is 2.13. The molecule has 1 aromatic heterocycles. The number of hydrogen-bond acceptors (Lipinski definition) is 4. The summed E-state index contributed by atoms with van der Waals surface area (Å²) in [5.74, 6) is -1.34. The smallest absolute Gasteiger partial charge is 0.274 e. The molecule has 1 heterocycles. The van der Waals surface area contributed by atoms with E-state index in [9.17, 15) is 19.3 Å². The molecule has 0 radical (unpaired) electrons. The molecule has 6 nitrogen and oxygen atoms in total. The number of halogens is 1. The quantitative estimate of drug-likeness (QED) is 0.530. The van der Waals surface area contributed by atoms with Gasteiger partial charge in [-0.05, 0) is 19.1 Å². The van der Waals surface area contributed by atoms with Crippen LogP contribution in [0.4, 0.5) is 15.8 Å². The molecule has 0 saturated carbocycles. The summed E-state index contributed by atoms with van der Waals surface area (Å²) in [5.41, 5.74) is 0.747. The molecule has 1 amide bonds. The molecule has 0 aliphatic carbocycles. The minimum Gasteiger partial charge on any atom is -0.322 e. The summed E-state index contributed by atoms with van der Waals surface area (Å²) in [5, 5.41) is 13.3. The third kappa shape index (κ3) is 2.94. The predicted molar refractivity (Wildman–Crippen MR) is 70.0 cm³/mol. The van der Waals surface area contributed by atoms with E-state index in [0.717, 1.165) is 6.07 Å². The first-order valence-electron chi connectivity index (χ1n) is 5.65. The minimum atomic E-state index is -0.771. The molecule has 0 aliphatic rings. The van der Waals surface area contributed by atoms with Crippen molar-refractivity contribution in [3.8, 4) is 0 Å². The summed E-state index contributed by atoms with van der Waals surface area (Å²) in [6.07, 6.45) is 1.17. The lowest BCUT2D eigenvalue weighted by Crippen LogP contribution is -2.12. The molecule has 0 spiro atoms. The van der Waals surface area contributed by atoms with Gasteiger partial charge in [-0.3, -0.25) is 14.9 Å². The third-order valence-electron chi connectivity index (χ3n) is 2.65. The lowest BCUT2D eigenvalue weighted by atomic mass is 10.1. The van der Waals surface area contributed by atoms with Gasteiger partial charge in [-0.1, -0.05) is 6.07 Å². The lowest BCUT2D eigenvalue weighted by Gasteiger charge is -2.06. The van der Waals surface area contributed by atoms with Gasteiger partial charge in [0, 0.05) is 35.1 Å². The number of nitro benzene ring substituents is 1. The van der Waals surface area contributed by atoms with Crippen molar-refractivity contribution in [2.45, 2.75) is 6.92 Å². The van der Waals surface area contributed by atoms with Crippen molar-refractivity contribution in [3.05, 3.63) is 63.7 Å². The fraction of sp³-hybridized carbons (Fsp3) is 0.0769. The minimum absolute atomic E-state index is 0.0840. The van der Waals surface area contributed by atoms with Crippen LogP contribution in [0.3, 0.4) is 0 Å². The number of pyridine rings is 1. The van der Waals surface area contributed by atoms with Crippen molar-refractivity contribution in [1.82, 2.24) is 4.98 Å². The topological polar surface area (TPSA) is 85.1 Å². The van der Waals surface area contributed by atoms with Crippen LogP contribution in [0.2, 0.25) is 0 Å². The molecule has 0 unspecified atom stereocenters. The number of aryl methyl sites for hydroxylation is 1. The van der Waals surface area contributed by atoms with Gasteiger partial charge in [0.25, 0.3) is 11.6 Å². The maximum Gasteiger partial charge on any atom is 0.274 e. The van der Waals surface area contributed by atoms with Gasteiger partial charge in [0.05, 0.1) is 4.92 Å². The number of nitrogens with one attached hydrogen (secondary N) is 1. The van der Waals surface area contributed by atoms with Crippen molar-refractivity contribution >= 4 is 17.3 Å². The van der Waals surface area contributed by atoms with Crippen LogP contribution in [0, 0.1) is 23.0 Å². The summed E-state index contributed by atoms with van der Waals surface area (Å²) < 4.78 is 12.9. The van der Waals surface area contributed by atoms with Gasteiger partial charge in [0.2, 0.25) is 5.95 Å². The van der Waals surface area contributed by atoms with Crippen LogP contribution in [-0.2, 0) is 0 Å². The molecular weight excluding hydrogens is 265 g/mol. The van der Waals surface area contributed by atoms with E-state index in [1.54, 1.807) is 6.92 Å². The number of hydrogen-bond donors (Lipinski definition) is 1. The highest BCUT2D eigenvalue weighted by Crippen LogP contribution is 2.22. The molecule has 0 saturated heterocycles. The van der Waals surface area contributed by atoms with E-state index < -0.39 is 16.8 Å². The molecule has 0 bridgehead atoms. The Morgan fingerprint density at radius 1 is 1.35 bits per heavy atom. The first-order valence-corrected chi connectivity index (χ1v) is 5.65. The largest absolute Gasteiger partial charge is 0.322 e. The number of aromatic nitrogens is 1. The van der Waals surface area contributed by atoms with Crippen LogP contribution in [0.1, 0.15) is 15.9 Å². The molecule has 2 aromatic rings. The summed E-state index contributed by atoms with van der Waals surface area (Å²) >= 11 is 0. The first kappa shape index (κ1) is 13.6. The predicted octanol–water partition coefficient (Wildman–Crippen LogP) is 2.69. The van der Waals surface area contributed by atoms with E-state index >= 15 is 0 Å². The van der Waals surface area contributed by atoms with Crippen molar-refractivity contribution in [3.63, 3.8) is 0 Å². The van der Waals surface area contributed by atoms with Crippen LogP contribution < -0.4 is 5.32 Å². The van der Waals surface area contributed by atoms with Crippen LogP contribution in [0.25, 0.3) is 0 Å². The fourth-order valence-electron chi connectivity index (χ4n) is 1.63.